The van der Waals surface area contributed by atoms with E-state index in [4.69, 9.17) is 0 Å². The molecule has 0 spiro atoms. The summed E-state index contributed by atoms with van der Waals surface area (Å²) in [4.78, 5) is 13.7. The summed E-state index contributed by atoms with van der Waals surface area (Å²) in [5.41, 5.74) is 3.86. The second-order valence-electron chi connectivity index (χ2n) is 7.85. The Morgan fingerprint density at radius 3 is 2.57 bits per heavy atom. The molecule has 0 aliphatic carbocycles. The fourth-order valence-electron chi connectivity index (χ4n) is 3.72. The molecular formula is C22H33N5S. The molecule has 6 heteroatoms. The number of aromatic nitrogens is 1. The second kappa shape index (κ2) is 10.0. The summed E-state index contributed by atoms with van der Waals surface area (Å²) in [6, 6.07) is 8.93. The van der Waals surface area contributed by atoms with Crippen molar-refractivity contribution >= 4 is 17.3 Å². The van der Waals surface area contributed by atoms with Gasteiger partial charge in [-0.3, -0.25) is 9.89 Å². The van der Waals surface area contributed by atoms with Crippen molar-refractivity contribution in [2.45, 2.75) is 39.8 Å². The van der Waals surface area contributed by atoms with Gasteiger partial charge in [0.25, 0.3) is 0 Å². The van der Waals surface area contributed by atoms with Gasteiger partial charge >= 0.3 is 0 Å². The third-order valence-corrected chi connectivity index (χ3v) is 6.24. The van der Waals surface area contributed by atoms with E-state index in [1.165, 1.54) is 37.1 Å². The number of guanidine groups is 1. The molecule has 5 nitrogen and oxygen atoms in total. The minimum absolute atomic E-state index is 0.709. The van der Waals surface area contributed by atoms with Crippen LogP contribution in [0.5, 0.6) is 0 Å². The van der Waals surface area contributed by atoms with Gasteiger partial charge in [-0.05, 0) is 51.3 Å². The molecule has 0 saturated carbocycles. The first-order chi connectivity index (χ1) is 13.5. The normalized spacial score (nSPS) is 16.4. The van der Waals surface area contributed by atoms with E-state index < -0.39 is 0 Å². The molecule has 1 N–H and O–H groups in total. The highest BCUT2D eigenvalue weighted by Crippen LogP contribution is 2.19. The summed E-state index contributed by atoms with van der Waals surface area (Å²) in [5.74, 6) is 1.66. The van der Waals surface area contributed by atoms with Crippen LogP contribution < -0.4 is 5.32 Å². The highest BCUT2D eigenvalue weighted by atomic mass is 32.1. The standard InChI is InChI=1S/C22H33N5S/c1-17-5-7-20(8-6-17)14-27-11-9-19(10-12-27)13-24-22(23-3)26(4)15-21-16-28-18(2)25-21/h5-8,16,19H,9-15H2,1-4H3,(H,23,24). The maximum atomic E-state index is 4.55. The van der Waals surface area contributed by atoms with E-state index in [0.717, 1.165) is 36.3 Å². The van der Waals surface area contributed by atoms with Gasteiger partial charge in [-0.25, -0.2) is 4.98 Å². The molecule has 0 radical (unpaired) electrons. The number of likely N-dealkylation sites (tertiary alicyclic amines) is 1. The van der Waals surface area contributed by atoms with Crippen molar-refractivity contribution in [3.8, 4) is 0 Å². The van der Waals surface area contributed by atoms with E-state index in [1.54, 1.807) is 11.3 Å². The summed E-state index contributed by atoms with van der Waals surface area (Å²) in [7, 11) is 3.93. The largest absolute Gasteiger partial charge is 0.356 e. The molecule has 1 aromatic heterocycles. The molecule has 0 amide bonds. The minimum atomic E-state index is 0.709. The first-order valence-electron chi connectivity index (χ1n) is 10.1. The van der Waals surface area contributed by atoms with Gasteiger partial charge in [-0.1, -0.05) is 29.8 Å². The Labute approximate surface area is 173 Å². The van der Waals surface area contributed by atoms with Crippen molar-refractivity contribution in [1.29, 1.82) is 0 Å². The zero-order valence-electron chi connectivity index (χ0n) is 17.6. The number of aryl methyl sites for hydroxylation is 2. The molecular weight excluding hydrogens is 366 g/mol. The van der Waals surface area contributed by atoms with Crippen LogP contribution in [-0.2, 0) is 13.1 Å². The molecule has 0 atom stereocenters. The lowest BCUT2D eigenvalue weighted by atomic mass is 9.96. The summed E-state index contributed by atoms with van der Waals surface area (Å²) in [5, 5.41) is 6.81. The maximum absolute atomic E-state index is 4.55. The number of piperidine rings is 1. The van der Waals surface area contributed by atoms with E-state index >= 15 is 0 Å². The number of thiazole rings is 1. The molecule has 1 fully saturated rings. The molecule has 28 heavy (non-hydrogen) atoms. The van der Waals surface area contributed by atoms with Gasteiger partial charge in [0.05, 0.1) is 17.2 Å². The fraction of sp³-hybridized carbons (Fsp3) is 0.545. The average molecular weight is 400 g/mol. The molecule has 1 saturated heterocycles. The number of hydrogen-bond donors (Lipinski definition) is 1. The van der Waals surface area contributed by atoms with E-state index in [-0.39, 0.29) is 0 Å². The van der Waals surface area contributed by atoms with Gasteiger partial charge in [0.1, 0.15) is 0 Å². The van der Waals surface area contributed by atoms with Gasteiger partial charge in [0, 0.05) is 32.6 Å². The Bertz CT molecular complexity index is 759. The Morgan fingerprint density at radius 1 is 1.25 bits per heavy atom. The van der Waals surface area contributed by atoms with Gasteiger partial charge in [-0.2, -0.15) is 0 Å². The smallest absolute Gasteiger partial charge is 0.193 e. The Morgan fingerprint density at radius 2 is 1.96 bits per heavy atom. The number of benzene rings is 1. The van der Waals surface area contributed by atoms with Crippen molar-refractivity contribution in [3.05, 3.63) is 51.5 Å². The van der Waals surface area contributed by atoms with Crippen LogP contribution in [0.4, 0.5) is 0 Å². The van der Waals surface area contributed by atoms with Crippen LogP contribution in [0, 0.1) is 19.8 Å². The molecule has 1 aromatic carbocycles. The molecule has 2 heterocycles. The van der Waals surface area contributed by atoms with Gasteiger partial charge in [0.15, 0.2) is 5.96 Å². The van der Waals surface area contributed by atoms with E-state index in [0.29, 0.717) is 5.92 Å². The Hall–Kier alpha value is -1.92. The van der Waals surface area contributed by atoms with Crippen LogP contribution in [0.15, 0.2) is 34.6 Å². The van der Waals surface area contributed by atoms with Crippen molar-refractivity contribution < 1.29 is 0 Å². The van der Waals surface area contributed by atoms with Crippen molar-refractivity contribution in [3.63, 3.8) is 0 Å². The lowest BCUT2D eigenvalue weighted by Crippen LogP contribution is -2.43. The van der Waals surface area contributed by atoms with Crippen LogP contribution in [0.25, 0.3) is 0 Å². The summed E-state index contributed by atoms with van der Waals surface area (Å²) in [6.45, 7) is 9.39. The number of rotatable bonds is 6. The predicted molar refractivity (Wildman–Crippen MR) is 119 cm³/mol. The van der Waals surface area contributed by atoms with Gasteiger partial charge in [-0.15, -0.1) is 11.3 Å². The topological polar surface area (TPSA) is 43.8 Å². The van der Waals surface area contributed by atoms with Crippen LogP contribution in [0.1, 0.15) is 34.7 Å². The molecule has 1 aliphatic heterocycles. The molecule has 1 aliphatic rings. The van der Waals surface area contributed by atoms with Gasteiger partial charge in [0.2, 0.25) is 0 Å². The zero-order chi connectivity index (χ0) is 19.9. The first kappa shape index (κ1) is 20.8. The third-order valence-electron chi connectivity index (χ3n) is 5.42. The number of aliphatic imine (C=N–C) groups is 1. The zero-order valence-corrected chi connectivity index (χ0v) is 18.4. The van der Waals surface area contributed by atoms with Crippen molar-refractivity contribution in [1.82, 2.24) is 20.1 Å². The summed E-state index contributed by atoms with van der Waals surface area (Å²) >= 11 is 1.70. The molecule has 152 valence electrons. The monoisotopic (exact) mass is 399 g/mol. The number of hydrogen-bond acceptors (Lipinski definition) is 4. The van der Waals surface area contributed by atoms with Crippen LogP contribution in [0.3, 0.4) is 0 Å². The molecule has 0 bridgehead atoms. The second-order valence-corrected chi connectivity index (χ2v) is 8.91. The number of nitrogens with zero attached hydrogens (tertiary/aromatic N) is 4. The average Bonchev–Trinajstić information content (AvgIpc) is 3.10. The van der Waals surface area contributed by atoms with E-state index in [1.807, 2.05) is 14.0 Å². The van der Waals surface area contributed by atoms with Crippen molar-refractivity contribution in [2.75, 3.05) is 33.7 Å². The van der Waals surface area contributed by atoms with Crippen LogP contribution in [-0.4, -0.2) is 54.5 Å². The summed E-state index contributed by atoms with van der Waals surface area (Å²) in [6.07, 6.45) is 2.48. The lowest BCUT2D eigenvalue weighted by Gasteiger charge is -2.33. The van der Waals surface area contributed by atoms with Gasteiger partial charge < -0.3 is 10.2 Å². The summed E-state index contributed by atoms with van der Waals surface area (Å²) < 4.78 is 0. The SMILES string of the molecule is CN=C(NCC1CCN(Cc2ccc(C)cc2)CC1)N(C)Cc1csc(C)n1. The predicted octanol–water partition coefficient (Wildman–Crippen LogP) is 3.68. The first-order valence-corrected chi connectivity index (χ1v) is 11.0. The Balaban J connectivity index is 1.40. The number of nitrogens with one attached hydrogen (secondary N) is 1. The minimum Gasteiger partial charge on any atom is -0.356 e. The molecule has 0 unspecified atom stereocenters. The third kappa shape index (κ3) is 6.04. The van der Waals surface area contributed by atoms with Crippen LogP contribution >= 0.6 is 11.3 Å². The molecule has 3 rings (SSSR count). The highest BCUT2D eigenvalue weighted by Gasteiger charge is 2.20. The lowest BCUT2D eigenvalue weighted by molar-refractivity contribution is 0.177. The Kier molecular flexibility index (Phi) is 7.45. The highest BCUT2D eigenvalue weighted by molar-refractivity contribution is 7.09. The van der Waals surface area contributed by atoms with Crippen molar-refractivity contribution in [2.24, 2.45) is 10.9 Å². The molecule has 2 aromatic rings. The maximum Gasteiger partial charge on any atom is 0.193 e. The van der Waals surface area contributed by atoms with E-state index in [9.17, 15) is 0 Å². The fourth-order valence-corrected chi connectivity index (χ4v) is 4.32. The van der Waals surface area contributed by atoms with Crippen LogP contribution in [0.2, 0.25) is 0 Å². The van der Waals surface area contributed by atoms with E-state index in [2.05, 4.69) is 68.7 Å². The quantitative estimate of drug-likeness (QED) is 0.594.